The minimum absolute atomic E-state index is 0.516. The molecule has 1 N–H and O–H groups in total. The lowest BCUT2D eigenvalue weighted by Crippen LogP contribution is -2.50. The van der Waals surface area contributed by atoms with E-state index in [9.17, 15) is 0 Å². The quantitative estimate of drug-likeness (QED) is 0.807. The van der Waals surface area contributed by atoms with Crippen molar-refractivity contribution >= 4 is 11.8 Å². The third-order valence-corrected chi connectivity index (χ3v) is 6.08. The fourth-order valence-corrected chi connectivity index (χ4v) is 4.80. The molecule has 0 spiro atoms. The summed E-state index contributed by atoms with van der Waals surface area (Å²) in [5.74, 6) is 1.27. The molecule has 0 amide bonds. The SMILES string of the molecule is CCSC1CCCC1NC1CCCCC1(C)C. The molecule has 2 aliphatic rings. The smallest absolute Gasteiger partial charge is 0.0201 e. The van der Waals surface area contributed by atoms with Gasteiger partial charge in [0.25, 0.3) is 0 Å². The molecule has 0 heterocycles. The fraction of sp³-hybridized carbons (Fsp3) is 1.00. The molecular formula is C15H29NS. The highest BCUT2D eigenvalue weighted by Gasteiger charge is 2.36. The van der Waals surface area contributed by atoms with Gasteiger partial charge < -0.3 is 5.32 Å². The lowest BCUT2D eigenvalue weighted by atomic mass is 9.73. The van der Waals surface area contributed by atoms with Crippen LogP contribution in [-0.4, -0.2) is 23.1 Å². The van der Waals surface area contributed by atoms with E-state index in [-0.39, 0.29) is 0 Å². The molecule has 0 aromatic rings. The van der Waals surface area contributed by atoms with Gasteiger partial charge in [0.2, 0.25) is 0 Å². The van der Waals surface area contributed by atoms with Crippen LogP contribution in [0.1, 0.15) is 65.7 Å². The summed E-state index contributed by atoms with van der Waals surface area (Å²) in [5, 5.41) is 4.91. The van der Waals surface area contributed by atoms with E-state index >= 15 is 0 Å². The van der Waals surface area contributed by atoms with Crippen LogP contribution in [0.5, 0.6) is 0 Å². The predicted molar refractivity (Wildman–Crippen MR) is 78.7 cm³/mol. The summed E-state index contributed by atoms with van der Waals surface area (Å²) in [6.07, 6.45) is 9.94. The van der Waals surface area contributed by atoms with Gasteiger partial charge in [-0.1, -0.05) is 40.0 Å². The minimum atomic E-state index is 0.516. The Bertz CT molecular complexity index is 239. The number of rotatable bonds is 4. The molecular weight excluding hydrogens is 226 g/mol. The summed E-state index contributed by atoms with van der Waals surface area (Å²) in [7, 11) is 0. The Labute approximate surface area is 112 Å². The normalized spacial score (nSPS) is 37.2. The van der Waals surface area contributed by atoms with Crippen molar-refractivity contribution in [3.63, 3.8) is 0 Å². The monoisotopic (exact) mass is 255 g/mol. The molecule has 1 nitrogen and oxygen atoms in total. The van der Waals surface area contributed by atoms with E-state index in [0.29, 0.717) is 5.41 Å². The number of hydrogen-bond donors (Lipinski definition) is 1. The first-order chi connectivity index (χ1) is 8.13. The Kier molecular flexibility index (Phi) is 4.82. The van der Waals surface area contributed by atoms with Crippen molar-refractivity contribution in [1.82, 2.24) is 5.32 Å². The minimum Gasteiger partial charge on any atom is -0.310 e. The summed E-state index contributed by atoms with van der Waals surface area (Å²) in [6, 6.07) is 1.56. The number of hydrogen-bond acceptors (Lipinski definition) is 2. The number of nitrogens with one attached hydrogen (secondary N) is 1. The van der Waals surface area contributed by atoms with E-state index in [4.69, 9.17) is 0 Å². The first kappa shape index (κ1) is 13.7. The fourth-order valence-electron chi connectivity index (χ4n) is 3.59. The molecule has 2 rings (SSSR count). The highest BCUT2D eigenvalue weighted by Crippen LogP contribution is 2.38. The van der Waals surface area contributed by atoms with Gasteiger partial charge >= 0.3 is 0 Å². The standard InChI is InChI=1S/C15H29NS/c1-4-17-13-9-7-8-12(13)16-14-10-5-6-11-15(14,2)3/h12-14,16H,4-11H2,1-3H3. The molecule has 2 saturated carbocycles. The maximum absolute atomic E-state index is 4.02. The van der Waals surface area contributed by atoms with Gasteiger partial charge in [0.15, 0.2) is 0 Å². The summed E-state index contributed by atoms with van der Waals surface area (Å²) in [6.45, 7) is 7.21. The van der Waals surface area contributed by atoms with E-state index < -0.39 is 0 Å². The Morgan fingerprint density at radius 1 is 1.12 bits per heavy atom. The molecule has 0 saturated heterocycles. The molecule has 0 aromatic carbocycles. The van der Waals surface area contributed by atoms with Gasteiger partial charge in [-0.25, -0.2) is 0 Å². The summed E-state index contributed by atoms with van der Waals surface area (Å²) in [4.78, 5) is 0. The van der Waals surface area contributed by atoms with Crippen molar-refractivity contribution in [3.8, 4) is 0 Å². The van der Waals surface area contributed by atoms with Gasteiger partial charge in [-0.05, 0) is 36.9 Å². The lowest BCUT2D eigenvalue weighted by Gasteiger charge is -2.41. The summed E-state index contributed by atoms with van der Waals surface area (Å²) >= 11 is 2.17. The van der Waals surface area contributed by atoms with Crippen molar-refractivity contribution in [2.75, 3.05) is 5.75 Å². The second-order valence-electron chi connectivity index (χ2n) is 6.48. The van der Waals surface area contributed by atoms with Gasteiger partial charge in [0.1, 0.15) is 0 Å². The summed E-state index contributed by atoms with van der Waals surface area (Å²) in [5.41, 5.74) is 0.516. The van der Waals surface area contributed by atoms with E-state index in [0.717, 1.165) is 17.3 Å². The Hall–Kier alpha value is 0.310. The van der Waals surface area contributed by atoms with Crippen LogP contribution in [-0.2, 0) is 0 Å². The van der Waals surface area contributed by atoms with Gasteiger partial charge in [0, 0.05) is 17.3 Å². The van der Waals surface area contributed by atoms with Gasteiger partial charge in [-0.2, -0.15) is 11.8 Å². The first-order valence-electron chi connectivity index (χ1n) is 7.51. The largest absolute Gasteiger partial charge is 0.310 e. The highest BCUT2D eigenvalue weighted by atomic mass is 32.2. The molecule has 3 atom stereocenters. The Morgan fingerprint density at radius 3 is 2.65 bits per heavy atom. The molecule has 100 valence electrons. The van der Waals surface area contributed by atoms with Crippen LogP contribution in [0.2, 0.25) is 0 Å². The van der Waals surface area contributed by atoms with Crippen molar-refractivity contribution in [1.29, 1.82) is 0 Å². The molecule has 0 radical (unpaired) electrons. The van der Waals surface area contributed by atoms with Gasteiger partial charge in [-0.3, -0.25) is 0 Å². The third kappa shape index (κ3) is 3.41. The molecule has 2 fully saturated rings. The van der Waals surface area contributed by atoms with E-state index in [1.165, 1.54) is 50.7 Å². The van der Waals surface area contributed by atoms with Crippen LogP contribution in [0.15, 0.2) is 0 Å². The Morgan fingerprint density at radius 2 is 1.94 bits per heavy atom. The van der Waals surface area contributed by atoms with Crippen molar-refractivity contribution in [2.45, 2.75) is 83.1 Å². The van der Waals surface area contributed by atoms with Crippen LogP contribution >= 0.6 is 11.8 Å². The molecule has 17 heavy (non-hydrogen) atoms. The zero-order chi connectivity index (χ0) is 12.3. The van der Waals surface area contributed by atoms with E-state index in [1.807, 2.05) is 0 Å². The highest BCUT2D eigenvalue weighted by molar-refractivity contribution is 7.99. The second kappa shape index (κ2) is 5.97. The average Bonchev–Trinajstić information content (AvgIpc) is 2.70. The predicted octanol–water partition coefficient (Wildman–Crippen LogP) is 4.22. The molecule has 0 aliphatic heterocycles. The van der Waals surface area contributed by atoms with Gasteiger partial charge in [0.05, 0.1) is 0 Å². The molecule has 2 heteroatoms. The van der Waals surface area contributed by atoms with Crippen LogP contribution in [0, 0.1) is 5.41 Å². The second-order valence-corrected chi connectivity index (χ2v) is 8.00. The van der Waals surface area contributed by atoms with Crippen LogP contribution in [0.3, 0.4) is 0 Å². The van der Waals surface area contributed by atoms with E-state index in [2.05, 4.69) is 37.8 Å². The Balaban J connectivity index is 1.90. The van der Waals surface area contributed by atoms with Gasteiger partial charge in [-0.15, -0.1) is 0 Å². The topological polar surface area (TPSA) is 12.0 Å². The first-order valence-corrected chi connectivity index (χ1v) is 8.56. The summed E-state index contributed by atoms with van der Waals surface area (Å²) < 4.78 is 0. The molecule has 0 aromatic heterocycles. The molecule has 2 aliphatic carbocycles. The maximum Gasteiger partial charge on any atom is 0.0201 e. The van der Waals surface area contributed by atoms with Crippen LogP contribution in [0.25, 0.3) is 0 Å². The van der Waals surface area contributed by atoms with Crippen LogP contribution < -0.4 is 5.32 Å². The third-order valence-electron chi connectivity index (χ3n) is 4.76. The zero-order valence-electron chi connectivity index (χ0n) is 11.8. The van der Waals surface area contributed by atoms with E-state index in [1.54, 1.807) is 0 Å². The lowest BCUT2D eigenvalue weighted by molar-refractivity contribution is 0.156. The van der Waals surface area contributed by atoms with Crippen molar-refractivity contribution in [3.05, 3.63) is 0 Å². The average molecular weight is 255 g/mol. The van der Waals surface area contributed by atoms with Crippen molar-refractivity contribution in [2.24, 2.45) is 5.41 Å². The molecule has 3 unspecified atom stereocenters. The van der Waals surface area contributed by atoms with Crippen LogP contribution in [0.4, 0.5) is 0 Å². The van der Waals surface area contributed by atoms with Crippen molar-refractivity contribution < 1.29 is 0 Å². The maximum atomic E-state index is 4.02. The molecule has 0 bridgehead atoms. The number of thioether (sulfide) groups is 1. The zero-order valence-corrected chi connectivity index (χ0v) is 12.6.